The zero-order valence-corrected chi connectivity index (χ0v) is 14.8. The molecule has 0 aliphatic carbocycles. The molecule has 0 saturated carbocycles. The molecule has 5 nitrogen and oxygen atoms in total. The van der Waals surface area contributed by atoms with E-state index in [1.165, 1.54) is 19.3 Å². The van der Waals surface area contributed by atoms with Gasteiger partial charge in [-0.3, -0.25) is 9.48 Å². The lowest BCUT2D eigenvalue weighted by atomic mass is 10.2. The predicted molar refractivity (Wildman–Crippen MR) is 101 cm³/mol. The first kappa shape index (κ1) is 17.5. The van der Waals surface area contributed by atoms with Gasteiger partial charge < -0.3 is 4.74 Å². The van der Waals surface area contributed by atoms with Gasteiger partial charge in [0.25, 0.3) is 5.56 Å². The number of nitrogens with zero attached hydrogens (tertiary/aromatic N) is 2. The molecule has 5 heteroatoms. The van der Waals surface area contributed by atoms with Crippen molar-refractivity contribution in [2.45, 2.75) is 13.5 Å². The third kappa shape index (κ3) is 3.52. The second-order valence-electron chi connectivity index (χ2n) is 5.85. The van der Waals surface area contributed by atoms with Gasteiger partial charge in [0.05, 0.1) is 24.9 Å². The molecule has 132 valence electrons. The number of para-hydroxylation sites is 1. The number of carbonyl (C=O) groups is 1. The van der Waals surface area contributed by atoms with Crippen molar-refractivity contribution in [2.24, 2.45) is 0 Å². The van der Waals surface area contributed by atoms with E-state index in [0.717, 1.165) is 16.9 Å². The summed E-state index contributed by atoms with van der Waals surface area (Å²) in [5.41, 5.74) is 2.93. The highest BCUT2D eigenvalue weighted by molar-refractivity contribution is 5.87. The lowest BCUT2D eigenvalue weighted by Crippen LogP contribution is -2.22. The van der Waals surface area contributed by atoms with Gasteiger partial charge in [-0.15, -0.1) is 0 Å². The number of methoxy groups -OCH3 is 1. The van der Waals surface area contributed by atoms with E-state index in [2.05, 4.69) is 4.74 Å². The highest BCUT2D eigenvalue weighted by atomic mass is 16.5. The van der Waals surface area contributed by atoms with Crippen molar-refractivity contribution in [1.29, 1.82) is 0 Å². The Bertz CT molecular complexity index is 983. The number of hydrogen-bond donors (Lipinski definition) is 0. The van der Waals surface area contributed by atoms with Crippen molar-refractivity contribution < 1.29 is 9.53 Å². The number of esters is 1. The van der Waals surface area contributed by atoms with Gasteiger partial charge in [-0.2, -0.15) is 0 Å². The summed E-state index contributed by atoms with van der Waals surface area (Å²) in [6.07, 6.45) is 2.79. The van der Waals surface area contributed by atoms with Crippen LogP contribution in [0.25, 0.3) is 11.8 Å². The Kier molecular flexibility index (Phi) is 5.17. The quantitative estimate of drug-likeness (QED) is 0.526. The summed E-state index contributed by atoms with van der Waals surface area (Å²) in [6, 6.07) is 19.4. The van der Waals surface area contributed by atoms with Gasteiger partial charge in [0, 0.05) is 11.8 Å². The summed E-state index contributed by atoms with van der Waals surface area (Å²) in [7, 11) is 1.31. The van der Waals surface area contributed by atoms with Gasteiger partial charge in [0.1, 0.15) is 0 Å². The Morgan fingerprint density at radius 1 is 1.04 bits per heavy atom. The second kappa shape index (κ2) is 7.70. The SMILES string of the molecule is COC(=O)/C=C/c1c(C)n(Cc2ccccc2)n(-c2ccccc2)c1=O. The molecule has 0 fully saturated rings. The van der Waals surface area contributed by atoms with Crippen LogP contribution >= 0.6 is 0 Å². The van der Waals surface area contributed by atoms with E-state index in [0.29, 0.717) is 12.1 Å². The molecule has 0 bridgehead atoms. The monoisotopic (exact) mass is 348 g/mol. The number of hydrogen-bond acceptors (Lipinski definition) is 3. The lowest BCUT2D eigenvalue weighted by Gasteiger charge is -2.13. The molecule has 3 aromatic rings. The number of aromatic nitrogens is 2. The van der Waals surface area contributed by atoms with Crippen molar-refractivity contribution in [3.05, 3.63) is 93.9 Å². The van der Waals surface area contributed by atoms with Crippen LogP contribution in [0.4, 0.5) is 0 Å². The topological polar surface area (TPSA) is 53.2 Å². The fourth-order valence-electron chi connectivity index (χ4n) is 2.85. The van der Waals surface area contributed by atoms with Crippen molar-refractivity contribution in [3.8, 4) is 5.69 Å². The molecule has 2 aromatic carbocycles. The summed E-state index contributed by atoms with van der Waals surface area (Å²) >= 11 is 0. The van der Waals surface area contributed by atoms with Crippen molar-refractivity contribution in [1.82, 2.24) is 9.36 Å². The maximum atomic E-state index is 13.0. The minimum absolute atomic E-state index is 0.176. The summed E-state index contributed by atoms with van der Waals surface area (Å²) in [4.78, 5) is 24.5. The van der Waals surface area contributed by atoms with Gasteiger partial charge in [0.2, 0.25) is 0 Å². The van der Waals surface area contributed by atoms with E-state index in [4.69, 9.17) is 0 Å². The Morgan fingerprint density at radius 3 is 2.27 bits per heavy atom. The van der Waals surface area contributed by atoms with Gasteiger partial charge in [-0.25, -0.2) is 9.48 Å². The standard InChI is InChI=1S/C21H20N2O3/c1-16-19(13-14-20(24)26-2)21(25)23(18-11-7-4-8-12-18)22(16)15-17-9-5-3-6-10-17/h3-14H,15H2,1-2H3/b14-13+. The Morgan fingerprint density at radius 2 is 1.65 bits per heavy atom. The van der Waals surface area contributed by atoms with Crippen LogP contribution in [0.5, 0.6) is 0 Å². The van der Waals surface area contributed by atoms with Crippen LogP contribution in [0.15, 0.2) is 71.5 Å². The second-order valence-corrected chi connectivity index (χ2v) is 5.85. The lowest BCUT2D eigenvalue weighted by molar-refractivity contribution is -0.134. The number of rotatable bonds is 5. The summed E-state index contributed by atoms with van der Waals surface area (Å²) in [5, 5.41) is 0. The first-order valence-corrected chi connectivity index (χ1v) is 8.29. The van der Waals surface area contributed by atoms with Crippen molar-refractivity contribution >= 4 is 12.0 Å². The minimum atomic E-state index is -0.495. The van der Waals surface area contributed by atoms with Crippen LogP contribution in [-0.4, -0.2) is 22.4 Å². The van der Waals surface area contributed by atoms with Crippen LogP contribution in [0, 0.1) is 6.92 Å². The Hall–Kier alpha value is -3.34. The molecule has 0 amide bonds. The van der Waals surface area contributed by atoms with Crippen LogP contribution in [0.3, 0.4) is 0 Å². The molecule has 0 atom stereocenters. The Labute approximate surface area is 151 Å². The van der Waals surface area contributed by atoms with Gasteiger partial charge >= 0.3 is 5.97 Å². The summed E-state index contributed by atoms with van der Waals surface area (Å²) in [5.74, 6) is -0.495. The minimum Gasteiger partial charge on any atom is -0.466 e. The van der Waals surface area contributed by atoms with E-state index < -0.39 is 5.97 Å². The molecule has 0 unspecified atom stereocenters. The fraction of sp³-hybridized carbons (Fsp3) is 0.143. The fourth-order valence-corrected chi connectivity index (χ4v) is 2.85. The molecule has 0 N–H and O–H groups in total. The third-order valence-corrected chi connectivity index (χ3v) is 4.20. The molecule has 0 aliphatic heterocycles. The third-order valence-electron chi connectivity index (χ3n) is 4.20. The molecule has 0 spiro atoms. The smallest absolute Gasteiger partial charge is 0.330 e. The zero-order chi connectivity index (χ0) is 18.5. The van der Waals surface area contributed by atoms with E-state index in [9.17, 15) is 9.59 Å². The van der Waals surface area contributed by atoms with E-state index in [1.54, 1.807) is 4.68 Å². The molecule has 0 saturated heterocycles. The highest BCUT2D eigenvalue weighted by Gasteiger charge is 2.17. The largest absolute Gasteiger partial charge is 0.466 e. The molecule has 0 radical (unpaired) electrons. The van der Waals surface area contributed by atoms with E-state index >= 15 is 0 Å². The predicted octanol–water partition coefficient (Wildman–Crippen LogP) is 3.18. The van der Waals surface area contributed by atoms with Crippen LogP contribution < -0.4 is 5.56 Å². The van der Waals surface area contributed by atoms with Crippen molar-refractivity contribution in [2.75, 3.05) is 7.11 Å². The van der Waals surface area contributed by atoms with Crippen molar-refractivity contribution in [3.63, 3.8) is 0 Å². The average Bonchev–Trinajstić information content (AvgIpc) is 2.91. The number of benzene rings is 2. The first-order valence-electron chi connectivity index (χ1n) is 8.29. The summed E-state index contributed by atoms with van der Waals surface area (Å²) < 4.78 is 8.19. The van der Waals surface area contributed by atoms with Gasteiger partial charge in [-0.05, 0) is 30.7 Å². The number of carbonyl (C=O) groups excluding carboxylic acids is 1. The summed E-state index contributed by atoms with van der Waals surface area (Å²) in [6.45, 7) is 2.42. The van der Waals surface area contributed by atoms with Crippen LogP contribution in [0.1, 0.15) is 16.8 Å². The van der Waals surface area contributed by atoms with Gasteiger partial charge in [0.15, 0.2) is 0 Å². The van der Waals surface area contributed by atoms with Crippen LogP contribution in [-0.2, 0) is 16.1 Å². The molecule has 26 heavy (non-hydrogen) atoms. The van der Waals surface area contributed by atoms with Crippen LogP contribution in [0.2, 0.25) is 0 Å². The normalized spacial score (nSPS) is 11.0. The van der Waals surface area contributed by atoms with E-state index in [-0.39, 0.29) is 5.56 Å². The zero-order valence-electron chi connectivity index (χ0n) is 14.8. The Balaban J connectivity index is 2.16. The molecular formula is C21H20N2O3. The van der Waals surface area contributed by atoms with Gasteiger partial charge in [-0.1, -0.05) is 48.5 Å². The molecule has 3 rings (SSSR count). The van der Waals surface area contributed by atoms with E-state index in [1.807, 2.05) is 72.3 Å². The molecule has 1 heterocycles. The average molecular weight is 348 g/mol. The molecule has 1 aromatic heterocycles. The number of ether oxygens (including phenoxy) is 1. The molecule has 0 aliphatic rings. The maximum absolute atomic E-state index is 13.0. The maximum Gasteiger partial charge on any atom is 0.330 e. The first-order chi connectivity index (χ1) is 12.6. The molecular weight excluding hydrogens is 328 g/mol. The highest BCUT2D eigenvalue weighted by Crippen LogP contribution is 2.15.